The number of carbonyl (C=O) groups excluding carboxylic acids is 1. The topological polar surface area (TPSA) is 63.2 Å². The minimum atomic E-state index is -0.841. The van der Waals surface area contributed by atoms with Crippen LogP contribution in [0.25, 0.3) is 0 Å². The number of hydrogen-bond donors (Lipinski definition) is 2. The molecule has 100 valence electrons. The minimum absolute atomic E-state index is 0.161. The summed E-state index contributed by atoms with van der Waals surface area (Å²) in [6.07, 6.45) is 0.876. The van der Waals surface area contributed by atoms with E-state index in [0.29, 0.717) is 19.2 Å². The lowest BCUT2D eigenvalue weighted by atomic mass is 10.3. The molecule has 0 aromatic carbocycles. The Labute approximate surface area is 104 Å². The lowest BCUT2D eigenvalue weighted by Gasteiger charge is -2.14. The first-order valence-corrected chi connectivity index (χ1v) is 5.39. The highest BCUT2D eigenvalue weighted by molar-refractivity contribution is 5.83. The SMILES string of the molecule is COCCNC(=O)C(C)Nc1ncc(F)cc1F. The second kappa shape index (κ2) is 6.85. The van der Waals surface area contributed by atoms with Crippen LogP contribution >= 0.6 is 0 Å². The second-order valence-corrected chi connectivity index (χ2v) is 3.63. The average Bonchev–Trinajstić information content (AvgIpc) is 2.32. The van der Waals surface area contributed by atoms with E-state index in [1.54, 1.807) is 6.92 Å². The van der Waals surface area contributed by atoms with Crippen LogP contribution in [-0.2, 0) is 9.53 Å². The number of ether oxygens (including phenoxy) is 1. The molecule has 18 heavy (non-hydrogen) atoms. The van der Waals surface area contributed by atoms with Gasteiger partial charge in [-0.05, 0) is 6.92 Å². The van der Waals surface area contributed by atoms with Crippen LogP contribution < -0.4 is 10.6 Å². The van der Waals surface area contributed by atoms with E-state index in [-0.39, 0.29) is 11.7 Å². The Balaban J connectivity index is 2.53. The highest BCUT2D eigenvalue weighted by Crippen LogP contribution is 2.12. The fourth-order valence-electron chi connectivity index (χ4n) is 1.22. The van der Waals surface area contributed by atoms with Crippen LogP contribution in [-0.4, -0.2) is 37.2 Å². The van der Waals surface area contributed by atoms with Crippen molar-refractivity contribution >= 4 is 11.7 Å². The molecule has 0 aliphatic heterocycles. The van der Waals surface area contributed by atoms with Gasteiger partial charge < -0.3 is 15.4 Å². The molecule has 1 unspecified atom stereocenters. The molecule has 0 aliphatic carbocycles. The van der Waals surface area contributed by atoms with Crippen LogP contribution in [0.3, 0.4) is 0 Å². The molecule has 1 amide bonds. The molecular formula is C11H15F2N3O2. The summed E-state index contributed by atoms with van der Waals surface area (Å²) in [6, 6.07) is 0.0135. The van der Waals surface area contributed by atoms with E-state index in [1.807, 2.05) is 0 Å². The zero-order valence-electron chi connectivity index (χ0n) is 10.2. The first kappa shape index (κ1) is 14.3. The van der Waals surface area contributed by atoms with Gasteiger partial charge in [0, 0.05) is 19.7 Å². The number of nitrogens with zero attached hydrogens (tertiary/aromatic N) is 1. The predicted molar refractivity (Wildman–Crippen MR) is 62.1 cm³/mol. The summed E-state index contributed by atoms with van der Waals surface area (Å²) in [5.41, 5.74) is 0. The van der Waals surface area contributed by atoms with Crippen molar-refractivity contribution in [3.8, 4) is 0 Å². The van der Waals surface area contributed by atoms with Gasteiger partial charge in [0.1, 0.15) is 11.9 Å². The van der Waals surface area contributed by atoms with Gasteiger partial charge in [-0.15, -0.1) is 0 Å². The van der Waals surface area contributed by atoms with Gasteiger partial charge in [-0.1, -0.05) is 0 Å². The van der Waals surface area contributed by atoms with Gasteiger partial charge in [0.2, 0.25) is 5.91 Å². The Hall–Kier alpha value is -1.76. The maximum Gasteiger partial charge on any atom is 0.242 e. The van der Waals surface area contributed by atoms with E-state index >= 15 is 0 Å². The molecule has 7 heteroatoms. The van der Waals surface area contributed by atoms with Crippen LogP contribution in [0.4, 0.5) is 14.6 Å². The summed E-state index contributed by atoms with van der Waals surface area (Å²) in [5, 5.41) is 5.14. The van der Waals surface area contributed by atoms with Crippen LogP contribution in [0.15, 0.2) is 12.3 Å². The van der Waals surface area contributed by atoms with Crippen molar-refractivity contribution in [2.24, 2.45) is 0 Å². The summed E-state index contributed by atoms with van der Waals surface area (Å²) in [5.74, 6) is -2.09. The number of hydrogen-bond acceptors (Lipinski definition) is 4. The van der Waals surface area contributed by atoms with Crippen molar-refractivity contribution in [3.63, 3.8) is 0 Å². The van der Waals surface area contributed by atoms with E-state index in [9.17, 15) is 13.6 Å². The van der Waals surface area contributed by atoms with Crippen LogP contribution in [0.1, 0.15) is 6.92 Å². The molecule has 0 spiro atoms. The van der Waals surface area contributed by atoms with E-state index < -0.39 is 17.7 Å². The molecular weight excluding hydrogens is 244 g/mol. The third kappa shape index (κ3) is 4.25. The Morgan fingerprint density at radius 2 is 2.28 bits per heavy atom. The summed E-state index contributed by atoms with van der Waals surface area (Å²) >= 11 is 0. The van der Waals surface area contributed by atoms with Gasteiger partial charge in [-0.3, -0.25) is 4.79 Å². The normalized spacial score (nSPS) is 12.0. The van der Waals surface area contributed by atoms with Crippen molar-refractivity contribution in [2.45, 2.75) is 13.0 Å². The first-order chi connectivity index (χ1) is 8.54. The summed E-state index contributed by atoms with van der Waals surface area (Å²) in [6.45, 7) is 2.30. The Kier molecular flexibility index (Phi) is 5.44. The molecule has 1 aromatic rings. The van der Waals surface area contributed by atoms with Gasteiger partial charge >= 0.3 is 0 Å². The Morgan fingerprint density at radius 3 is 2.89 bits per heavy atom. The molecule has 0 bridgehead atoms. The third-order valence-corrected chi connectivity index (χ3v) is 2.16. The largest absolute Gasteiger partial charge is 0.383 e. The van der Waals surface area contributed by atoms with Gasteiger partial charge in [-0.25, -0.2) is 13.8 Å². The van der Waals surface area contributed by atoms with Gasteiger partial charge in [-0.2, -0.15) is 0 Å². The van der Waals surface area contributed by atoms with Gasteiger partial charge in [0.15, 0.2) is 11.6 Å². The summed E-state index contributed by atoms with van der Waals surface area (Å²) < 4.78 is 30.7. The van der Waals surface area contributed by atoms with E-state index in [2.05, 4.69) is 15.6 Å². The van der Waals surface area contributed by atoms with Crippen molar-refractivity contribution < 1.29 is 18.3 Å². The number of methoxy groups -OCH3 is 1. The smallest absolute Gasteiger partial charge is 0.242 e. The molecule has 0 saturated carbocycles. The second-order valence-electron chi connectivity index (χ2n) is 3.63. The molecule has 0 radical (unpaired) electrons. The number of nitrogens with one attached hydrogen (secondary N) is 2. The molecule has 1 aromatic heterocycles. The van der Waals surface area contributed by atoms with E-state index in [0.717, 1.165) is 6.20 Å². The fourth-order valence-corrected chi connectivity index (χ4v) is 1.22. The Morgan fingerprint density at radius 1 is 1.56 bits per heavy atom. The quantitative estimate of drug-likeness (QED) is 0.746. The summed E-state index contributed by atoms with van der Waals surface area (Å²) in [7, 11) is 1.52. The monoisotopic (exact) mass is 259 g/mol. The minimum Gasteiger partial charge on any atom is -0.383 e. The number of carbonyl (C=O) groups is 1. The van der Waals surface area contributed by atoms with Crippen molar-refractivity contribution in [3.05, 3.63) is 23.9 Å². The fraction of sp³-hybridized carbons (Fsp3) is 0.455. The van der Waals surface area contributed by atoms with Gasteiger partial charge in [0.05, 0.1) is 12.8 Å². The maximum absolute atomic E-state index is 13.3. The summed E-state index contributed by atoms with van der Waals surface area (Å²) in [4.78, 5) is 15.1. The highest BCUT2D eigenvalue weighted by atomic mass is 19.1. The van der Waals surface area contributed by atoms with Crippen LogP contribution in [0, 0.1) is 11.6 Å². The molecule has 1 rings (SSSR count). The molecule has 1 heterocycles. The molecule has 0 fully saturated rings. The highest BCUT2D eigenvalue weighted by Gasteiger charge is 2.15. The van der Waals surface area contributed by atoms with E-state index in [4.69, 9.17) is 4.74 Å². The number of anilines is 1. The predicted octanol–water partition coefficient (Wildman–Crippen LogP) is 0.923. The number of halogens is 2. The van der Waals surface area contributed by atoms with Crippen molar-refractivity contribution in [1.29, 1.82) is 0 Å². The van der Waals surface area contributed by atoms with Crippen molar-refractivity contribution in [2.75, 3.05) is 25.6 Å². The Bertz CT molecular complexity index is 415. The van der Waals surface area contributed by atoms with E-state index in [1.165, 1.54) is 7.11 Å². The van der Waals surface area contributed by atoms with Gasteiger partial charge in [0.25, 0.3) is 0 Å². The van der Waals surface area contributed by atoms with Crippen molar-refractivity contribution in [1.82, 2.24) is 10.3 Å². The van der Waals surface area contributed by atoms with Crippen LogP contribution in [0.5, 0.6) is 0 Å². The lowest BCUT2D eigenvalue weighted by Crippen LogP contribution is -2.39. The zero-order chi connectivity index (χ0) is 13.5. The maximum atomic E-state index is 13.3. The zero-order valence-corrected chi connectivity index (χ0v) is 10.2. The average molecular weight is 259 g/mol. The standard InChI is InChI=1S/C11H15F2N3O2/c1-7(11(17)14-3-4-18-2)16-10-9(13)5-8(12)6-15-10/h5-7H,3-4H2,1-2H3,(H,14,17)(H,15,16). The molecule has 0 saturated heterocycles. The number of aromatic nitrogens is 1. The molecule has 1 atom stereocenters. The number of rotatable bonds is 6. The third-order valence-electron chi connectivity index (χ3n) is 2.16. The number of amides is 1. The first-order valence-electron chi connectivity index (χ1n) is 5.39. The van der Waals surface area contributed by atoms with Crippen LogP contribution in [0.2, 0.25) is 0 Å². The molecule has 5 nitrogen and oxygen atoms in total. The molecule has 0 aliphatic rings. The lowest BCUT2D eigenvalue weighted by molar-refractivity contribution is -0.121. The number of pyridine rings is 1. The molecule has 2 N–H and O–H groups in total.